The van der Waals surface area contributed by atoms with E-state index in [1.54, 1.807) is 6.92 Å². The van der Waals surface area contributed by atoms with Crippen molar-refractivity contribution in [3.8, 4) is 0 Å². The van der Waals surface area contributed by atoms with Crippen LogP contribution in [0.1, 0.15) is 65.4 Å². The summed E-state index contributed by atoms with van der Waals surface area (Å²) in [4.78, 5) is 0. The average molecular weight is 441 g/mol. The van der Waals surface area contributed by atoms with Gasteiger partial charge in [-0.3, -0.25) is 0 Å². The second kappa shape index (κ2) is 17.5. The first-order valence-corrected chi connectivity index (χ1v) is 12.0. The summed E-state index contributed by atoms with van der Waals surface area (Å²) in [5.74, 6) is 0.624. The average Bonchev–Trinajstić information content (AvgIpc) is 2.76. The third-order valence-electron chi connectivity index (χ3n) is 5.41. The second-order valence-electron chi connectivity index (χ2n) is 9.01. The fourth-order valence-corrected chi connectivity index (χ4v) is 3.03. The highest BCUT2D eigenvalue weighted by Crippen LogP contribution is 2.25. The molecule has 31 heavy (non-hydrogen) atoms. The Hall–Kier alpha value is -1.01. The number of alkyl halides is 1. The molecular formula is C26H45FO4. The lowest BCUT2D eigenvalue weighted by molar-refractivity contribution is -0.0748. The van der Waals surface area contributed by atoms with Crippen molar-refractivity contribution in [3.63, 3.8) is 0 Å². The zero-order chi connectivity index (χ0) is 22.8. The van der Waals surface area contributed by atoms with Crippen LogP contribution in [-0.2, 0) is 25.6 Å². The first kappa shape index (κ1) is 28.0. The Morgan fingerprint density at radius 2 is 1.32 bits per heavy atom. The predicted molar refractivity (Wildman–Crippen MR) is 125 cm³/mol. The van der Waals surface area contributed by atoms with Crippen molar-refractivity contribution in [1.29, 1.82) is 0 Å². The molecule has 0 aliphatic carbocycles. The Bertz CT molecular complexity index is 505. The van der Waals surface area contributed by atoms with Crippen LogP contribution < -0.4 is 0 Å². The predicted octanol–water partition coefficient (Wildman–Crippen LogP) is 6.22. The summed E-state index contributed by atoms with van der Waals surface area (Å²) in [6.45, 7) is 13.1. The van der Waals surface area contributed by atoms with Crippen LogP contribution in [0, 0.1) is 11.3 Å². The van der Waals surface area contributed by atoms with E-state index in [1.807, 2.05) is 18.2 Å². The van der Waals surface area contributed by atoms with Crippen LogP contribution in [0.15, 0.2) is 30.3 Å². The number of unbranched alkanes of at least 4 members (excludes halogenated alkanes) is 1. The van der Waals surface area contributed by atoms with E-state index in [1.165, 1.54) is 5.56 Å². The summed E-state index contributed by atoms with van der Waals surface area (Å²) < 4.78 is 36.6. The zero-order valence-corrected chi connectivity index (χ0v) is 20.2. The minimum Gasteiger partial charge on any atom is -0.381 e. The normalized spacial score (nSPS) is 14.6. The molecule has 0 heterocycles. The maximum absolute atomic E-state index is 13.1. The topological polar surface area (TPSA) is 36.9 Å². The first-order valence-electron chi connectivity index (χ1n) is 12.0. The molecule has 1 aromatic rings. The van der Waals surface area contributed by atoms with Crippen molar-refractivity contribution in [2.24, 2.45) is 11.3 Å². The maximum Gasteiger partial charge on any atom is 0.0995 e. The Balaban J connectivity index is 2.28. The van der Waals surface area contributed by atoms with Crippen LogP contribution in [0.3, 0.4) is 0 Å². The van der Waals surface area contributed by atoms with Gasteiger partial charge in [0.05, 0.1) is 32.6 Å². The van der Waals surface area contributed by atoms with Crippen molar-refractivity contribution < 1.29 is 23.3 Å². The standard InChI is InChI=1S/C26H45FO4/c1-5-26(21-30-17-13-23(2)3,22-31-18-14-24(4)27)20-29-16-10-9-15-28-19-25-11-7-6-8-12-25/h6-8,11-12,23-24H,5,9-10,13-22H2,1-4H3. The van der Waals surface area contributed by atoms with E-state index in [2.05, 4.69) is 32.9 Å². The fraction of sp³-hybridized carbons (Fsp3) is 0.769. The van der Waals surface area contributed by atoms with Crippen LogP contribution in [0.5, 0.6) is 0 Å². The number of ether oxygens (including phenoxy) is 4. The van der Waals surface area contributed by atoms with Crippen LogP contribution in [0.25, 0.3) is 0 Å². The van der Waals surface area contributed by atoms with E-state index >= 15 is 0 Å². The Kier molecular flexibility index (Phi) is 15.9. The molecule has 0 bridgehead atoms. The molecule has 0 saturated heterocycles. The van der Waals surface area contributed by atoms with Gasteiger partial charge >= 0.3 is 0 Å². The monoisotopic (exact) mass is 440 g/mol. The second-order valence-corrected chi connectivity index (χ2v) is 9.01. The van der Waals surface area contributed by atoms with E-state index < -0.39 is 6.17 Å². The van der Waals surface area contributed by atoms with Gasteiger partial charge in [-0.1, -0.05) is 51.1 Å². The summed E-state index contributed by atoms with van der Waals surface area (Å²) in [5, 5.41) is 0. The lowest BCUT2D eigenvalue weighted by atomic mass is 9.88. The van der Waals surface area contributed by atoms with E-state index in [0.29, 0.717) is 52.0 Å². The molecule has 0 fully saturated rings. The van der Waals surface area contributed by atoms with Crippen molar-refractivity contribution in [1.82, 2.24) is 0 Å². The van der Waals surface area contributed by atoms with Crippen LogP contribution in [0.4, 0.5) is 4.39 Å². The minimum atomic E-state index is -0.835. The Morgan fingerprint density at radius 3 is 1.87 bits per heavy atom. The molecule has 2 atom stereocenters. The molecule has 180 valence electrons. The van der Waals surface area contributed by atoms with Gasteiger partial charge in [0.15, 0.2) is 0 Å². The lowest BCUT2D eigenvalue weighted by Crippen LogP contribution is -2.37. The molecule has 1 aromatic carbocycles. The number of halogens is 1. The molecule has 0 saturated carbocycles. The van der Waals surface area contributed by atoms with Crippen LogP contribution in [-0.4, -0.2) is 52.4 Å². The van der Waals surface area contributed by atoms with Crippen molar-refractivity contribution in [2.45, 2.75) is 72.6 Å². The van der Waals surface area contributed by atoms with Gasteiger partial charge < -0.3 is 18.9 Å². The quantitative estimate of drug-likeness (QED) is 0.225. The largest absolute Gasteiger partial charge is 0.381 e. The lowest BCUT2D eigenvalue weighted by Gasteiger charge is -2.32. The molecule has 0 spiro atoms. The van der Waals surface area contributed by atoms with Gasteiger partial charge in [-0.25, -0.2) is 4.39 Å². The SMILES string of the molecule is CCC(COCCCCOCc1ccccc1)(COCCC(C)C)COCCC(C)F. The fourth-order valence-electron chi connectivity index (χ4n) is 3.03. The molecule has 0 radical (unpaired) electrons. The van der Waals surface area contributed by atoms with E-state index in [0.717, 1.165) is 38.9 Å². The summed E-state index contributed by atoms with van der Waals surface area (Å²) in [6, 6.07) is 10.2. The van der Waals surface area contributed by atoms with Crippen molar-refractivity contribution in [3.05, 3.63) is 35.9 Å². The van der Waals surface area contributed by atoms with Gasteiger partial charge in [-0.2, -0.15) is 0 Å². The maximum atomic E-state index is 13.1. The van der Waals surface area contributed by atoms with Crippen LogP contribution >= 0.6 is 0 Å². The van der Waals surface area contributed by atoms with Crippen molar-refractivity contribution in [2.75, 3.05) is 46.2 Å². The van der Waals surface area contributed by atoms with Gasteiger partial charge in [-0.15, -0.1) is 0 Å². The molecule has 0 aromatic heterocycles. The van der Waals surface area contributed by atoms with Gasteiger partial charge in [0.2, 0.25) is 0 Å². The van der Waals surface area contributed by atoms with Gasteiger partial charge in [0.25, 0.3) is 0 Å². The summed E-state index contributed by atoms with van der Waals surface area (Å²) >= 11 is 0. The molecule has 0 amide bonds. The molecule has 0 aliphatic rings. The molecule has 5 heteroatoms. The summed E-state index contributed by atoms with van der Waals surface area (Å²) in [5.41, 5.74) is 1.02. The Morgan fingerprint density at radius 1 is 0.774 bits per heavy atom. The third-order valence-corrected chi connectivity index (χ3v) is 5.41. The number of hydrogen-bond donors (Lipinski definition) is 0. The number of rotatable bonds is 20. The van der Waals surface area contributed by atoms with Crippen LogP contribution in [0.2, 0.25) is 0 Å². The van der Waals surface area contributed by atoms with Gasteiger partial charge in [0, 0.05) is 38.3 Å². The molecule has 0 aliphatic heterocycles. The van der Waals surface area contributed by atoms with E-state index in [-0.39, 0.29) is 5.41 Å². The highest BCUT2D eigenvalue weighted by molar-refractivity contribution is 5.13. The smallest absolute Gasteiger partial charge is 0.0995 e. The van der Waals surface area contributed by atoms with Gasteiger partial charge in [-0.05, 0) is 44.1 Å². The highest BCUT2D eigenvalue weighted by Gasteiger charge is 2.30. The number of benzene rings is 1. The molecule has 4 nitrogen and oxygen atoms in total. The van der Waals surface area contributed by atoms with E-state index in [9.17, 15) is 4.39 Å². The third kappa shape index (κ3) is 14.6. The Labute approximate surface area is 189 Å². The summed E-state index contributed by atoms with van der Waals surface area (Å²) in [7, 11) is 0. The highest BCUT2D eigenvalue weighted by atomic mass is 19.1. The molecule has 0 N–H and O–H groups in total. The zero-order valence-electron chi connectivity index (χ0n) is 20.2. The molecular weight excluding hydrogens is 395 g/mol. The van der Waals surface area contributed by atoms with Gasteiger partial charge in [0.1, 0.15) is 0 Å². The molecule has 2 unspecified atom stereocenters. The minimum absolute atomic E-state index is 0.180. The van der Waals surface area contributed by atoms with E-state index in [4.69, 9.17) is 18.9 Å². The van der Waals surface area contributed by atoms with Crippen molar-refractivity contribution >= 4 is 0 Å². The number of hydrogen-bond acceptors (Lipinski definition) is 4. The summed E-state index contributed by atoms with van der Waals surface area (Å²) in [6.07, 6.45) is 3.48. The first-order chi connectivity index (χ1) is 15.0. The molecule has 1 rings (SSSR count).